The quantitative estimate of drug-likeness (QED) is 0.885. The molecule has 3 rings (SSSR count). The molecule has 8 nitrogen and oxygen atoms in total. The summed E-state index contributed by atoms with van der Waals surface area (Å²) < 4.78 is 5.14. The van der Waals surface area contributed by atoms with Crippen LogP contribution in [0.5, 0.6) is 0 Å². The number of carbonyl (C=O) groups excluding carboxylic acids is 2. The SMILES string of the molecule is CCc1cc(C(=O)N2CCC[C@H]2c2nccc(CNC(C)=O)n2)no1. The predicted molar refractivity (Wildman–Crippen MR) is 88.4 cm³/mol. The first-order valence-corrected chi connectivity index (χ1v) is 8.41. The number of nitrogens with zero attached hydrogens (tertiary/aromatic N) is 4. The second-order valence-electron chi connectivity index (χ2n) is 6.00. The van der Waals surface area contributed by atoms with Crippen molar-refractivity contribution >= 4 is 11.8 Å². The van der Waals surface area contributed by atoms with Crippen LogP contribution in [0.15, 0.2) is 22.9 Å². The third-order valence-corrected chi connectivity index (χ3v) is 4.19. The Bertz CT molecular complexity index is 773. The van der Waals surface area contributed by atoms with Gasteiger partial charge in [0.05, 0.1) is 18.3 Å². The van der Waals surface area contributed by atoms with Gasteiger partial charge in [-0.1, -0.05) is 12.1 Å². The number of likely N-dealkylation sites (tertiary alicyclic amines) is 1. The Morgan fingerprint density at radius 1 is 1.44 bits per heavy atom. The molecule has 0 aromatic carbocycles. The molecule has 1 N–H and O–H groups in total. The number of hydrogen-bond donors (Lipinski definition) is 1. The topological polar surface area (TPSA) is 101 Å². The lowest BCUT2D eigenvalue weighted by Crippen LogP contribution is -2.32. The van der Waals surface area contributed by atoms with Crippen LogP contribution in [0.4, 0.5) is 0 Å². The second-order valence-corrected chi connectivity index (χ2v) is 6.00. The van der Waals surface area contributed by atoms with Crippen LogP contribution in [0.3, 0.4) is 0 Å². The largest absolute Gasteiger partial charge is 0.361 e. The molecule has 0 radical (unpaired) electrons. The van der Waals surface area contributed by atoms with Gasteiger partial charge in [0.1, 0.15) is 5.76 Å². The van der Waals surface area contributed by atoms with Crippen molar-refractivity contribution in [3.05, 3.63) is 41.3 Å². The molecule has 2 aromatic heterocycles. The van der Waals surface area contributed by atoms with Crippen LogP contribution in [-0.2, 0) is 17.8 Å². The molecule has 25 heavy (non-hydrogen) atoms. The number of nitrogens with one attached hydrogen (secondary N) is 1. The third-order valence-electron chi connectivity index (χ3n) is 4.19. The highest BCUT2D eigenvalue weighted by Gasteiger charge is 2.33. The minimum Gasteiger partial charge on any atom is -0.361 e. The molecule has 8 heteroatoms. The Kier molecular flexibility index (Phi) is 5.06. The zero-order valence-electron chi connectivity index (χ0n) is 14.4. The molecule has 2 amide bonds. The van der Waals surface area contributed by atoms with E-state index in [0.29, 0.717) is 42.5 Å². The number of rotatable bonds is 5. The van der Waals surface area contributed by atoms with E-state index in [4.69, 9.17) is 4.52 Å². The van der Waals surface area contributed by atoms with Gasteiger partial charge in [-0.05, 0) is 18.9 Å². The van der Waals surface area contributed by atoms with Crippen LogP contribution >= 0.6 is 0 Å². The van der Waals surface area contributed by atoms with Gasteiger partial charge < -0.3 is 14.7 Å². The van der Waals surface area contributed by atoms with Gasteiger partial charge in [-0.15, -0.1) is 0 Å². The van der Waals surface area contributed by atoms with E-state index < -0.39 is 0 Å². The van der Waals surface area contributed by atoms with E-state index in [1.54, 1.807) is 23.2 Å². The Balaban J connectivity index is 1.78. The molecule has 0 saturated carbocycles. The molecule has 1 atom stereocenters. The molecule has 0 aliphatic carbocycles. The van der Waals surface area contributed by atoms with Gasteiger partial charge in [-0.3, -0.25) is 9.59 Å². The monoisotopic (exact) mass is 343 g/mol. The van der Waals surface area contributed by atoms with E-state index in [1.807, 2.05) is 6.92 Å². The van der Waals surface area contributed by atoms with E-state index in [9.17, 15) is 9.59 Å². The van der Waals surface area contributed by atoms with Gasteiger partial charge in [0, 0.05) is 32.2 Å². The molecule has 2 aromatic rings. The normalized spacial score (nSPS) is 16.9. The number of aryl methyl sites for hydroxylation is 1. The van der Waals surface area contributed by atoms with Gasteiger partial charge in [-0.25, -0.2) is 9.97 Å². The van der Waals surface area contributed by atoms with Crippen molar-refractivity contribution in [1.82, 2.24) is 25.3 Å². The fraction of sp³-hybridized carbons (Fsp3) is 0.471. The summed E-state index contributed by atoms with van der Waals surface area (Å²) in [5, 5.41) is 6.59. The standard InChI is InChI=1S/C17H21N5O3/c1-3-13-9-14(21-25-13)17(24)22-8-4-5-15(22)16-18-7-6-12(20-16)10-19-11(2)23/h6-7,9,15H,3-5,8,10H2,1-2H3,(H,19,23)/t15-/m0/s1. The van der Waals surface area contributed by atoms with Crippen LogP contribution in [0.1, 0.15) is 60.5 Å². The van der Waals surface area contributed by atoms with Crippen molar-refractivity contribution < 1.29 is 14.1 Å². The fourth-order valence-electron chi connectivity index (χ4n) is 2.89. The summed E-state index contributed by atoms with van der Waals surface area (Å²) in [4.78, 5) is 34.4. The first-order valence-electron chi connectivity index (χ1n) is 8.41. The van der Waals surface area contributed by atoms with Gasteiger partial charge in [-0.2, -0.15) is 0 Å². The summed E-state index contributed by atoms with van der Waals surface area (Å²) >= 11 is 0. The van der Waals surface area contributed by atoms with E-state index in [-0.39, 0.29) is 17.9 Å². The minimum absolute atomic E-state index is 0.115. The van der Waals surface area contributed by atoms with Crippen LogP contribution in [0, 0.1) is 0 Å². The summed E-state index contributed by atoms with van der Waals surface area (Å²) in [6, 6.07) is 3.25. The van der Waals surface area contributed by atoms with Crippen molar-refractivity contribution in [3.8, 4) is 0 Å². The average Bonchev–Trinajstić information content (AvgIpc) is 3.28. The molecule has 0 unspecified atom stereocenters. The maximum Gasteiger partial charge on any atom is 0.276 e. The highest BCUT2D eigenvalue weighted by Crippen LogP contribution is 2.31. The molecule has 1 aliphatic heterocycles. The highest BCUT2D eigenvalue weighted by molar-refractivity contribution is 5.92. The third kappa shape index (κ3) is 3.84. The smallest absolute Gasteiger partial charge is 0.276 e. The summed E-state index contributed by atoms with van der Waals surface area (Å²) in [6.07, 6.45) is 4.03. The first-order chi connectivity index (χ1) is 12.1. The Morgan fingerprint density at radius 3 is 3.00 bits per heavy atom. The molecule has 3 heterocycles. The van der Waals surface area contributed by atoms with Gasteiger partial charge in [0.2, 0.25) is 5.91 Å². The lowest BCUT2D eigenvalue weighted by atomic mass is 10.2. The Morgan fingerprint density at radius 2 is 2.28 bits per heavy atom. The van der Waals surface area contributed by atoms with Crippen molar-refractivity contribution in [2.24, 2.45) is 0 Å². The maximum atomic E-state index is 12.8. The number of carbonyl (C=O) groups is 2. The fourth-order valence-corrected chi connectivity index (χ4v) is 2.89. The van der Waals surface area contributed by atoms with E-state index >= 15 is 0 Å². The number of amides is 2. The average molecular weight is 343 g/mol. The Hall–Kier alpha value is -2.77. The van der Waals surface area contributed by atoms with Crippen LogP contribution < -0.4 is 5.32 Å². The van der Waals surface area contributed by atoms with Gasteiger partial charge in [0.25, 0.3) is 5.91 Å². The summed E-state index contributed by atoms with van der Waals surface area (Å²) in [7, 11) is 0. The van der Waals surface area contributed by atoms with Gasteiger partial charge in [0.15, 0.2) is 11.5 Å². The first kappa shape index (κ1) is 17.1. The molecular weight excluding hydrogens is 322 g/mol. The van der Waals surface area contributed by atoms with Crippen molar-refractivity contribution in [3.63, 3.8) is 0 Å². The van der Waals surface area contributed by atoms with Crippen molar-refractivity contribution in [2.75, 3.05) is 6.54 Å². The summed E-state index contributed by atoms with van der Waals surface area (Å²) in [5.74, 6) is 0.998. The molecule has 0 spiro atoms. The van der Waals surface area contributed by atoms with E-state index in [0.717, 1.165) is 12.8 Å². The van der Waals surface area contributed by atoms with Gasteiger partial charge >= 0.3 is 0 Å². The van der Waals surface area contributed by atoms with Crippen LogP contribution in [0.2, 0.25) is 0 Å². The lowest BCUT2D eigenvalue weighted by molar-refractivity contribution is -0.119. The molecule has 1 saturated heterocycles. The van der Waals surface area contributed by atoms with Crippen molar-refractivity contribution in [1.29, 1.82) is 0 Å². The Labute approximate surface area is 145 Å². The second kappa shape index (κ2) is 7.42. The predicted octanol–water partition coefficient (Wildman–Crippen LogP) is 1.64. The molecular formula is C17H21N5O3. The molecule has 132 valence electrons. The molecule has 0 bridgehead atoms. The van der Waals surface area contributed by atoms with E-state index in [2.05, 4.69) is 20.4 Å². The minimum atomic E-state index is -0.188. The highest BCUT2D eigenvalue weighted by atomic mass is 16.5. The zero-order valence-corrected chi connectivity index (χ0v) is 14.4. The number of hydrogen-bond acceptors (Lipinski definition) is 6. The van der Waals surface area contributed by atoms with E-state index in [1.165, 1.54) is 6.92 Å². The summed E-state index contributed by atoms with van der Waals surface area (Å²) in [6.45, 7) is 4.38. The maximum absolute atomic E-state index is 12.8. The zero-order chi connectivity index (χ0) is 17.8. The molecule has 1 aliphatic rings. The summed E-state index contributed by atoms with van der Waals surface area (Å²) in [5.41, 5.74) is 1.03. The van der Waals surface area contributed by atoms with Crippen LogP contribution in [0.25, 0.3) is 0 Å². The van der Waals surface area contributed by atoms with Crippen molar-refractivity contribution in [2.45, 2.75) is 45.7 Å². The molecule has 1 fully saturated rings. The number of aromatic nitrogens is 3. The lowest BCUT2D eigenvalue weighted by Gasteiger charge is -2.22. The van der Waals surface area contributed by atoms with Crippen LogP contribution in [-0.4, -0.2) is 38.4 Å².